The van der Waals surface area contributed by atoms with E-state index in [1.165, 1.54) is 0 Å². The van der Waals surface area contributed by atoms with Crippen molar-refractivity contribution in [3.8, 4) is 0 Å². The van der Waals surface area contributed by atoms with Gasteiger partial charge in [0.25, 0.3) is 5.91 Å². The average molecular weight is 287 g/mol. The van der Waals surface area contributed by atoms with Gasteiger partial charge in [-0.3, -0.25) is 14.5 Å². The standard InChI is InChI=1S/C15H21N5O/c1-2-6-16-13-5-9-17-14(12-13)15(21)18-7-3-10-20-11-4-8-19-20/h4-5,8-9,11-12H,2-3,6-7,10H2,1H3,(H,16,17)(H,18,21). The van der Waals surface area contributed by atoms with Crippen LogP contribution in [0.5, 0.6) is 0 Å². The molecule has 0 saturated carbocycles. The first kappa shape index (κ1) is 15.0. The highest BCUT2D eigenvalue weighted by Gasteiger charge is 2.07. The van der Waals surface area contributed by atoms with Crippen LogP contribution in [0, 0.1) is 0 Å². The second-order valence-corrected chi connectivity index (χ2v) is 4.74. The van der Waals surface area contributed by atoms with Crippen molar-refractivity contribution in [2.24, 2.45) is 0 Å². The lowest BCUT2D eigenvalue weighted by molar-refractivity contribution is 0.0947. The summed E-state index contributed by atoms with van der Waals surface area (Å²) < 4.78 is 1.85. The second kappa shape index (κ2) is 8.04. The molecule has 6 nitrogen and oxygen atoms in total. The molecule has 2 heterocycles. The van der Waals surface area contributed by atoms with Crippen molar-refractivity contribution in [3.05, 3.63) is 42.5 Å². The Hall–Kier alpha value is -2.37. The summed E-state index contributed by atoms with van der Waals surface area (Å²) in [6.45, 7) is 4.38. The number of aryl methyl sites for hydroxylation is 1. The monoisotopic (exact) mass is 287 g/mol. The SMILES string of the molecule is CCCNc1ccnc(C(=O)NCCCn2cccn2)c1. The van der Waals surface area contributed by atoms with E-state index in [0.717, 1.165) is 31.6 Å². The normalized spacial score (nSPS) is 10.3. The summed E-state index contributed by atoms with van der Waals surface area (Å²) in [5.74, 6) is -0.143. The Kier molecular flexibility index (Phi) is 5.75. The smallest absolute Gasteiger partial charge is 0.269 e. The molecule has 0 aromatic carbocycles. The van der Waals surface area contributed by atoms with Crippen LogP contribution >= 0.6 is 0 Å². The number of anilines is 1. The molecule has 0 bridgehead atoms. The largest absolute Gasteiger partial charge is 0.385 e. The molecule has 0 aliphatic carbocycles. The fraction of sp³-hybridized carbons (Fsp3) is 0.400. The van der Waals surface area contributed by atoms with E-state index in [-0.39, 0.29) is 5.91 Å². The lowest BCUT2D eigenvalue weighted by Gasteiger charge is -2.07. The zero-order valence-corrected chi connectivity index (χ0v) is 12.2. The fourth-order valence-corrected chi connectivity index (χ4v) is 1.90. The maximum Gasteiger partial charge on any atom is 0.269 e. The molecule has 0 spiro atoms. The van der Waals surface area contributed by atoms with Crippen LogP contribution in [0.3, 0.4) is 0 Å². The minimum atomic E-state index is -0.143. The van der Waals surface area contributed by atoms with Crippen LogP contribution in [0.15, 0.2) is 36.8 Å². The number of nitrogens with one attached hydrogen (secondary N) is 2. The van der Waals surface area contributed by atoms with E-state index < -0.39 is 0 Å². The molecule has 2 aromatic rings. The average Bonchev–Trinajstić information content (AvgIpc) is 3.03. The van der Waals surface area contributed by atoms with Gasteiger partial charge in [-0.1, -0.05) is 6.92 Å². The molecule has 0 atom stereocenters. The van der Waals surface area contributed by atoms with Crippen molar-refractivity contribution in [3.63, 3.8) is 0 Å². The van der Waals surface area contributed by atoms with Gasteiger partial charge in [-0.2, -0.15) is 5.10 Å². The number of nitrogens with zero attached hydrogens (tertiary/aromatic N) is 3. The van der Waals surface area contributed by atoms with E-state index in [4.69, 9.17) is 0 Å². The maximum atomic E-state index is 12.0. The van der Waals surface area contributed by atoms with Gasteiger partial charge in [-0.25, -0.2) is 0 Å². The molecule has 0 unspecified atom stereocenters. The summed E-state index contributed by atoms with van der Waals surface area (Å²) in [6.07, 6.45) is 7.18. The van der Waals surface area contributed by atoms with E-state index in [1.54, 1.807) is 18.5 Å². The Morgan fingerprint density at radius 1 is 1.33 bits per heavy atom. The topological polar surface area (TPSA) is 71.8 Å². The van der Waals surface area contributed by atoms with Crippen LogP contribution in [0.1, 0.15) is 30.3 Å². The Labute approximate surface area is 124 Å². The highest BCUT2D eigenvalue weighted by molar-refractivity contribution is 5.93. The van der Waals surface area contributed by atoms with Gasteiger partial charge in [0.2, 0.25) is 0 Å². The first-order valence-corrected chi connectivity index (χ1v) is 7.25. The first-order chi connectivity index (χ1) is 10.3. The fourth-order valence-electron chi connectivity index (χ4n) is 1.90. The van der Waals surface area contributed by atoms with Gasteiger partial charge in [0, 0.05) is 43.9 Å². The molecule has 0 saturated heterocycles. The van der Waals surface area contributed by atoms with Gasteiger partial charge >= 0.3 is 0 Å². The molecular weight excluding hydrogens is 266 g/mol. The highest BCUT2D eigenvalue weighted by Crippen LogP contribution is 2.07. The molecule has 2 aromatic heterocycles. The summed E-state index contributed by atoms with van der Waals surface area (Å²) in [7, 11) is 0. The number of aromatic nitrogens is 3. The number of hydrogen-bond donors (Lipinski definition) is 2. The Morgan fingerprint density at radius 3 is 3.00 bits per heavy atom. The summed E-state index contributed by atoms with van der Waals surface area (Å²) in [5, 5.41) is 10.2. The zero-order valence-electron chi connectivity index (χ0n) is 12.2. The third-order valence-electron chi connectivity index (χ3n) is 2.98. The van der Waals surface area contributed by atoms with Crippen LogP contribution in [0.2, 0.25) is 0 Å². The van der Waals surface area contributed by atoms with E-state index in [1.807, 2.05) is 23.0 Å². The van der Waals surface area contributed by atoms with E-state index in [9.17, 15) is 4.79 Å². The number of carbonyl (C=O) groups excluding carboxylic acids is 1. The molecule has 0 radical (unpaired) electrons. The molecule has 0 fully saturated rings. The maximum absolute atomic E-state index is 12.0. The van der Waals surface area contributed by atoms with E-state index >= 15 is 0 Å². The van der Waals surface area contributed by atoms with Gasteiger partial charge in [0.05, 0.1) is 0 Å². The molecule has 0 aliphatic heterocycles. The predicted octanol–water partition coefficient (Wildman–Crippen LogP) is 1.92. The summed E-state index contributed by atoms with van der Waals surface area (Å²) in [4.78, 5) is 16.1. The lowest BCUT2D eigenvalue weighted by Crippen LogP contribution is -2.26. The first-order valence-electron chi connectivity index (χ1n) is 7.25. The van der Waals surface area contributed by atoms with Crippen LogP contribution in [-0.2, 0) is 6.54 Å². The molecule has 6 heteroatoms. The quantitative estimate of drug-likeness (QED) is 0.728. The lowest BCUT2D eigenvalue weighted by atomic mass is 10.3. The van der Waals surface area contributed by atoms with Crippen LogP contribution < -0.4 is 10.6 Å². The van der Waals surface area contributed by atoms with Crippen molar-refractivity contribution in [1.82, 2.24) is 20.1 Å². The number of hydrogen-bond acceptors (Lipinski definition) is 4. The number of carbonyl (C=O) groups is 1. The minimum Gasteiger partial charge on any atom is -0.385 e. The Bertz CT molecular complexity index is 553. The van der Waals surface area contributed by atoms with Crippen LogP contribution in [-0.4, -0.2) is 33.8 Å². The Balaban J connectivity index is 1.77. The second-order valence-electron chi connectivity index (χ2n) is 4.74. The van der Waals surface area contributed by atoms with E-state index in [0.29, 0.717) is 12.2 Å². The highest BCUT2D eigenvalue weighted by atomic mass is 16.1. The number of amides is 1. The van der Waals surface area contributed by atoms with Crippen molar-refractivity contribution < 1.29 is 4.79 Å². The zero-order chi connectivity index (χ0) is 14.9. The van der Waals surface area contributed by atoms with Gasteiger partial charge in [-0.15, -0.1) is 0 Å². The molecule has 2 N–H and O–H groups in total. The predicted molar refractivity (Wildman–Crippen MR) is 82.2 cm³/mol. The van der Waals surface area contributed by atoms with Crippen molar-refractivity contribution in [2.75, 3.05) is 18.4 Å². The molecule has 2 rings (SSSR count). The molecular formula is C15H21N5O. The van der Waals surface area contributed by atoms with Gasteiger partial charge in [0.15, 0.2) is 0 Å². The Morgan fingerprint density at radius 2 is 2.24 bits per heavy atom. The third kappa shape index (κ3) is 4.91. The summed E-state index contributed by atoms with van der Waals surface area (Å²) in [5.41, 5.74) is 1.36. The summed E-state index contributed by atoms with van der Waals surface area (Å²) >= 11 is 0. The molecule has 0 aliphatic rings. The number of rotatable bonds is 8. The molecule has 1 amide bonds. The number of pyridine rings is 1. The van der Waals surface area contributed by atoms with Crippen LogP contribution in [0.4, 0.5) is 5.69 Å². The van der Waals surface area contributed by atoms with Gasteiger partial charge in [-0.05, 0) is 31.0 Å². The molecule has 112 valence electrons. The molecule has 21 heavy (non-hydrogen) atoms. The van der Waals surface area contributed by atoms with Crippen LogP contribution in [0.25, 0.3) is 0 Å². The van der Waals surface area contributed by atoms with Crippen molar-refractivity contribution in [1.29, 1.82) is 0 Å². The summed E-state index contributed by atoms with van der Waals surface area (Å²) in [6, 6.07) is 5.53. The van der Waals surface area contributed by atoms with Gasteiger partial charge < -0.3 is 10.6 Å². The van der Waals surface area contributed by atoms with Gasteiger partial charge in [0.1, 0.15) is 5.69 Å². The van der Waals surface area contributed by atoms with E-state index in [2.05, 4.69) is 27.6 Å². The minimum absolute atomic E-state index is 0.143. The third-order valence-corrected chi connectivity index (χ3v) is 2.98. The van der Waals surface area contributed by atoms with Crippen molar-refractivity contribution >= 4 is 11.6 Å². The van der Waals surface area contributed by atoms with Crippen molar-refractivity contribution in [2.45, 2.75) is 26.3 Å².